The summed E-state index contributed by atoms with van der Waals surface area (Å²) in [5, 5.41) is 0. The molecule has 2 heterocycles. The Labute approximate surface area is 180 Å². The molecule has 2 fully saturated rings. The highest BCUT2D eigenvalue weighted by atomic mass is 35.5. The van der Waals surface area contributed by atoms with Crippen LogP contribution < -0.4 is 9.64 Å². The number of benzene rings is 2. The zero-order valence-corrected chi connectivity index (χ0v) is 18.0. The fourth-order valence-corrected chi connectivity index (χ4v) is 5.38. The number of methoxy groups -OCH3 is 1. The summed E-state index contributed by atoms with van der Waals surface area (Å²) in [5.74, 6) is 0.939. The number of piperazine rings is 1. The summed E-state index contributed by atoms with van der Waals surface area (Å²) < 4.78 is 11.7. The largest absolute Gasteiger partial charge is 0.497 e. The topological polar surface area (TPSA) is 24.9 Å². The number of rotatable bonds is 3. The molecule has 0 atom stereocenters. The number of halogens is 1. The SMILES string of the molecule is COc1cccc(N2CCN([C@H]3CC[C@@]4(CC3)OCc3ccccc34)CC2)c1.Cl. The Balaban J connectivity index is 0.00000205. The summed E-state index contributed by atoms with van der Waals surface area (Å²) in [7, 11) is 1.74. The summed E-state index contributed by atoms with van der Waals surface area (Å²) in [5.41, 5.74) is 4.12. The Hall–Kier alpha value is -1.75. The van der Waals surface area contributed by atoms with Crippen LogP contribution in [0.5, 0.6) is 5.75 Å². The Morgan fingerprint density at radius 3 is 2.48 bits per heavy atom. The molecule has 29 heavy (non-hydrogen) atoms. The van der Waals surface area contributed by atoms with Crippen molar-refractivity contribution in [3.63, 3.8) is 0 Å². The van der Waals surface area contributed by atoms with E-state index in [2.05, 4.69) is 52.3 Å². The van der Waals surface area contributed by atoms with E-state index in [-0.39, 0.29) is 18.0 Å². The van der Waals surface area contributed by atoms with Crippen molar-refractivity contribution in [2.24, 2.45) is 0 Å². The number of anilines is 1. The van der Waals surface area contributed by atoms with Crippen LogP contribution in [0.4, 0.5) is 5.69 Å². The van der Waals surface area contributed by atoms with E-state index in [0.29, 0.717) is 6.04 Å². The van der Waals surface area contributed by atoms with E-state index in [9.17, 15) is 0 Å². The summed E-state index contributed by atoms with van der Waals surface area (Å²) in [6.07, 6.45) is 4.80. The average Bonchev–Trinajstić information content (AvgIpc) is 3.13. The van der Waals surface area contributed by atoms with Gasteiger partial charge in [-0.2, -0.15) is 0 Å². The molecule has 156 valence electrons. The van der Waals surface area contributed by atoms with E-state index in [4.69, 9.17) is 9.47 Å². The molecular weight excluding hydrogens is 384 g/mol. The van der Waals surface area contributed by atoms with Crippen LogP contribution in [0.3, 0.4) is 0 Å². The average molecular weight is 415 g/mol. The van der Waals surface area contributed by atoms with Crippen molar-refractivity contribution in [3.8, 4) is 5.75 Å². The molecule has 3 aliphatic rings. The quantitative estimate of drug-likeness (QED) is 0.732. The van der Waals surface area contributed by atoms with Gasteiger partial charge in [-0.1, -0.05) is 30.3 Å². The van der Waals surface area contributed by atoms with Gasteiger partial charge in [0.25, 0.3) is 0 Å². The molecule has 0 unspecified atom stereocenters. The molecule has 1 spiro atoms. The molecule has 0 amide bonds. The van der Waals surface area contributed by atoms with Crippen LogP contribution in [0, 0.1) is 0 Å². The van der Waals surface area contributed by atoms with Crippen LogP contribution in [-0.4, -0.2) is 44.2 Å². The first-order valence-corrected chi connectivity index (χ1v) is 10.6. The number of hydrogen-bond acceptors (Lipinski definition) is 4. The van der Waals surface area contributed by atoms with Crippen molar-refractivity contribution < 1.29 is 9.47 Å². The molecule has 0 radical (unpaired) electrons. The second-order valence-corrected chi connectivity index (χ2v) is 8.40. The van der Waals surface area contributed by atoms with Crippen molar-refractivity contribution in [2.75, 3.05) is 38.2 Å². The molecule has 0 aromatic heterocycles. The summed E-state index contributed by atoms with van der Waals surface area (Å²) in [4.78, 5) is 5.20. The molecule has 1 saturated carbocycles. The Morgan fingerprint density at radius 2 is 1.72 bits per heavy atom. The molecule has 2 aromatic rings. The van der Waals surface area contributed by atoms with Crippen LogP contribution in [0.15, 0.2) is 48.5 Å². The van der Waals surface area contributed by atoms with E-state index >= 15 is 0 Å². The molecule has 2 aromatic carbocycles. The molecular formula is C24H31ClN2O2. The Morgan fingerprint density at radius 1 is 0.966 bits per heavy atom. The normalized spacial score (nSPS) is 26.8. The number of ether oxygens (including phenoxy) is 2. The molecule has 4 nitrogen and oxygen atoms in total. The van der Waals surface area contributed by atoms with Crippen LogP contribution >= 0.6 is 12.4 Å². The van der Waals surface area contributed by atoms with Gasteiger partial charge in [-0.25, -0.2) is 0 Å². The van der Waals surface area contributed by atoms with Crippen molar-refractivity contribution in [1.29, 1.82) is 0 Å². The van der Waals surface area contributed by atoms with Crippen LogP contribution in [0.1, 0.15) is 36.8 Å². The Kier molecular flexibility index (Phi) is 6.05. The zero-order valence-electron chi connectivity index (χ0n) is 17.2. The fourth-order valence-electron chi connectivity index (χ4n) is 5.38. The number of hydrogen-bond donors (Lipinski definition) is 0. The lowest BCUT2D eigenvalue weighted by Gasteiger charge is -2.45. The first kappa shape index (κ1) is 20.5. The summed E-state index contributed by atoms with van der Waals surface area (Å²) >= 11 is 0. The van der Waals surface area contributed by atoms with Crippen LogP contribution in [-0.2, 0) is 16.9 Å². The lowest BCUT2D eigenvalue weighted by molar-refractivity contribution is -0.0777. The van der Waals surface area contributed by atoms with Crippen molar-refractivity contribution in [3.05, 3.63) is 59.7 Å². The maximum Gasteiger partial charge on any atom is 0.120 e. The molecule has 0 bridgehead atoms. The second-order valence-electron chi connectivity index (χ2n) is 8.40. The highest BCUT2D eigenvalue weighted by Gasteiger charge is 2.43. The molecule has 5 heteroatoms. The minimum absolute atomic E-state index is 0. The number of nitrogens with zero attached hydrogens (tertiary/aromatic N) is 2. The van der Waals surface area contributed by atoms with Gasteiger partial charge in [0.2, 0.25) is 0 Å². The lowest BCUT2D eigenvalue weighted by atomic mass is 9.77. The lowest BCUT2D eigenvalue weighted by Crippen LogP contribution is -2.52. The van der Waals surface area contributed by atoms with Gasteiger partial charge in [0, 0.05) is 44.0 Å². The maximum absolute atomic E-state index is 6.35. The minimum Gasteiger partial charge on any atom is -0.497 e. The van der Waals surface area contributed by atoms with E-state index in [1.807, 2.05) is 6.07 Å². The van der Waals surface area contributed by atoms with Crippen molar-refractivity contribution in [1.82, 2.24) is 4.90 Å². The molecule has 1 saturated heterocycles. The van der Waals surface area contributed by atoms with E-state index in [1.54, 1.807) is 7.11 Å². The van der Waals surface area contributed by atoms with Gasteiger partial charge in [0.05, 0.1) is 19.3 Å². The highest BCUT2D eigenvalue weighted by molar-refractivity contribution is 5.85. The molecule has 0 N–H and O–H groups in total. The van der Waals surface area contributed by atoms with Gasteiger partial charge >= 0.3 is 0 Å². The van der Waals surface area contributed by atoms with E-state index < -0.39 is 0 Å². The third kappa shape index (κ3) is 3.86. The smallest absolute Gasteiger partial charge is 0.120 e. The second kappa shape index (κ2) is 8.55. The molecule has 5 rings (SSSR count). The van der Waals surface area contributed by atoms with Gasteiger partial charge in [0.15, 0.2) is 0 Å². The molecule has 1 aliphatic carbocycles. The van der Waals surface area contributed by atoms with Gasteiger partial charge in [-0.15, -0.1) is 12.4 Å². The van der Waals surface area contributed by atoms with Crippen LogP contribution in [0.25, 0.3) is 0 Å². The molecule has 2 aliphatic heterocycles. The maximum atomic E-state index is 6.35. The number of fused-ring (bicyclic) bond motifs is 2. The minimum atomic E-state index is -0.00446. The van der Waals surface area contributed by atoms with Gasteiger partial charge in [0.1, 0.15) is 5.75 Å². The van der Waals surface area contributed by atoms with Gasteiger partial charge in [-0.3, -0.25) is 4.90 Å². The zero-order chi connectivity index (χ0) is 19.0. The van der Waals surface area contributed by atoms with Gasteiger partial charge in [-0.05, 0) is 48.9 Å². The van der Waals surface area contributed by atoms with Crippen LogP contribution in [0.2, 0.25) is 0 Å². The first-order valence-electron chi connectivity index (χ1n) is 10.6. The summed E-state index contributed by atoms with van der Waals surface area (Å²) in [6, 6.07) is 18.0. The first-order chi connectivity index (χ1) is 13.8. The van der Waals surface area contributed by atoms with E-state index in [1.165, 1.54) is 29.7 Å². The third-order valence-corrected chi connectivity index (χ3v) is 7.02. The summed E-state index contributed by atoms with van der Waals surface area (Å²) in [6.45, 7) is 5.26. The fraction of sp³-hybridized carbons (Fsp3) is 0.500. The monoisotopic (exact) mass is 414 g/mol. The van der Waals surface area contributed by atoms with E-state index in [0.717, 1.165) is 51.4 Å². The Bertz CT molecular complexity index is 827. The predicted octanol–water partition coefficient (Wildman–Crippen LogP) is 4.61. The predicted molar refractivity (Wildman–Crippen MR) is 119 cm³/mol. The standard InChI is InChI=1S/C24H30N2O2.ClH/c1-27-22-7-4-6-21(17-22)26-15-13-25(14-16-26)20-9-11-24(12-10-20)23-8-3-2-5-19(23)18-28-24;/h2-8,17,20H,9-16,18H2,1H3;1H/t20-,24-;. The van der Waals surface area contributed by atoms with Crippen molar-refractivity contribution >= 4 is 18.1 Å². The van der Waals surface area contributed by atoms with Gasteiger partial charge < -0.3 is 14.4 Å². The third-order valence-electron chi connectivity index (χ3n) is 7.02. The van der Waals surface area contributed by atoms with Crippen molar-refractivity contribution in [2.45, 2.75) is 43.9 Å². The highest BCUT2D eigenvalue weighted by Crippen LogP contribution is 2.47.